The van der Waals surface area contributed by atoms with Gasteiger partial charge in [-0.1, -0.05) is 6.92 Å². The van der Waals surface area contributed by atoms with E-state index in [9.17, 15) is 18.0 Å². The highest BCUT2D eigenvalue weighted by Crippen LogP contribution is 2.32. The van der Waals surface area contributed by atoms with Crippen molar-refractivity contribution in [3.8, 4) is 11.3 Å². The SMILES string of the molecule is C[C@H]1CCN(C(=O)N[C@@H]2CCC[C@H](Nc3nc(-c4c[nH]c5ncc(F)cc45)c(F)cc3F)C2)C1. The molecule has 34 heavy (non-hydrogen) atoms. The first-order chi connectivity index (χ1) is 16.4. The number of carbonyl (C=O) groups excluding carboxylic acids is 1. The molecule has 180 valence electrons. The third-order valence-electron chi connectivity index (χ3n) is 6.74. The number of halogens is 3. The van der Waals surface area contributed by atoms with Gasteiger partial charge in [0.2, 0.25) is 0 Å². The molecule has 0 unspecified atom stereocenters. The molecule has 10 heteroatoms. The minimum absolute atomic E-state index is 0.0275. The lowest BCUT2D eigenvalue weighted by Crippen LogP contribution is -2.47. The molecule has 1 saturated heterocycles. The number of H-pyrrole nitrogens is 1. The fourth-order valence-corrected chi connectivity index (χ4v) is 4.96. The van der Waals surface area contributed by atoms with Crippen LogP contribution in [-0.2, 0) is 0 Å². The van der Waals surface area contributed by atoms with E-state index < -0.39 is 17.5 Å². The molecule has 7 nitrogen and oxygen atoms in total. The van der Waals surface area contributed by atoms with Crippen molar-refractivity contribution in [2.24, 2.45) is 5.92 Å². The second-order valence-corrected chi connectivity index (χ2v) is 9.40. The second kappa shape index (κ2) is 9.15. The van der Waals surface area contributed by atoms with E-state index in [2.05, 4.69) is 32.5 Å². The standard InChI is InChI=1S/C24H27F3N6O/c1-13-5-6-33(12-13)24(34)31-16-4-2-3-15(8-16)30-23-20(27)9-19(26)21(32-23)18-11-29-22-17(18)7-14(25)10-28-22/h7,9-11,13,15-16H,2-6,8,12H2,1H3,(H,28,29)(H,30,32)(H,31,34)/t13-,15-,16+/m0/s1. The number of carbonyl (C=O) groups is 1. The number of rotatable bonds is 4. The molecule has 1 aliphatic heterocycles. The molecule has 0 radical (unpaired) electrons. The summed E-state index contributed by atoms with van der Waals surface area (Å²) in [6.07, 6.45) is 6.67. The third kappa shape index (κ3) is 4.53. The predicted octanol–water partition coefficient (Wildman–Crippen LogP) is 4.82. The first-order valence-electron chi connectivity index (χ1n) is 11.7. The molecule has 2 amide bonds. The molecular formula is C24H27F3N6O. The number of amides is 2. The predicted molar refractivity (Wildman–Crippen MR) is 123 cm³/mol. The van der Waals surface area contributed by atoms with E-state index in [0.29, 0.717) is 28.9 Å². The molecule has 4 heterocycles. The molecule has 0 bridgehead atoms. The summed E-state index contributed by atoms with van der Waals surface area (Å²) in [5.74, 6) is -1.77. The normalized spacial score (nSPS) is 22.8. The number of hydrogen-bond acceptors (Lipinski definition) is 4. The van der Waals surface area contributed by atoms with Crippen molar-refractivity contribution in [1.29, 1.82) is 0 Å². The summed E-state index contributed by atoms with van der Waals surface area (Å²) in [6, 6.07) is 1.82. The average molecular weight is 473 g/mol. The summed E-state index contributed by atoms with van der Waals surface area (Å²) < 4.78 is 43.0. The van der Waals surface area contributed by atoms with Gasteiger partial charge in [0.1, 0.15) is 17.2 Å². The Morgan fingerprint density at radius 2 is 1.97 bits per heavy atom. The Labute approximate surface area is 195 Å². The molecule has 3 aromatic rings. The molecule has 0 spiro atoms. The molecule has 0 aromatic carbocycles. The van der Waals surface area contributed by atoms with Crippen LogP contribution in [0.2, 0.25) is 0 Å². The number of fused-ring (bicyclic) bond motifs is 1. The van der Waals surface area contributed by atoms with Crippen molar-refractivity contribution in [1.82, 2.24) is 25.2 Å². The van der Waals surface area contributed by atoms with Crippen LogP contribution in [0.25, 0.3) is 22.3 Å². The van der Waals surface area contributed by atoms with Crippen LogP contribution in [0.3, 0.4) is 0 Å². The Kier molecular flexibility index (Phi) is 6.05. The van der Waals surface area contributed by atoms with E-state index in [-0.39, 0.29) is 29.6 Å². The lowest BCUT2D eigenvalue weighted by molar-refractivity contribution is 0.198. The molecule has 3 N–H and O–H groups in total. The van der Waals surface area contributed by atoms with E-state index in [0.717, 1.165) is 51.0 Å². The highest BCUT2D eigenvalue weighted by atomic mass is 19.1. The molecule has 3 atom stereocenters. The van der Waals surface area contributed by atoms with Crippen molar-refractivity contribution in [2.45, 2.75) is 51.1 Å². The summed E-state index contributed by atoms with van der Waals surface area (Å²) in [7, 11) is 0. The summed E-state index contributed by atoms with van der Waals surface area (Å²) >= 11 is 0. The Morgan fingerprint density at radius 1 is 1.15 bits per heavy atom. The van der Waals surface area contributed by atoms with E-state index in [1.165, 1.54) is 12.3 Å². The second-order valence-electron chi connectivity index (χ2n) is 9.40. The fourth-order valence-electron chi connectivity index (χ4n) is 4.96. The number of urea groups is 1. The summed E-state index contributed by atoms with van der Waals surface area (Å²) in [5, 5.41) is 6.57. The maximum absolute atomic E-state index is 14.7. The van der Waals surface area contributed by atoms with Gasteiger partial charge in [0.25, 0.3) is 0 Å². The Morgan fingerprint density at radius 3 is 2.76 bits per heavy atom. The lowest BCUT2D eigenvalue weighted by Gasteiger charge is -2.32. The highest BCUT2D eigenvalue weighted by Gasteiger charge is 2.29. The molecular weight excluding hydrogens is 445 g/mol. The summed E-state index contributed by atoms with van der Waals surface area (Å²) in [6.45, 7) is 3.67. The number of aromatic amines is 1. The first kappa shape index (κ1) is 22.5. The Hall–Kier alpha value is -3.30. The number of aromatic nitrogens is 3. The van der Waals surface area contributed by atoms with E-state index >= 15 is 0 Å². The largest absolute Gasteiger partial charge is 0.365 e. The van der Waals surface area contributed by atoms with E-state index in [1.807, 2.05) is 4.90 Å². The maximum Gasteiger partial charge on any atom is 0.317 e. The zero-order chi connectivity index (χ0) is 23.8. The monoisotopic (exact) mass is 472 g/mol. The molecule has 3 aromatic heterocycles. The van der Waals surface area contributed by atoms with Crippen LogP contribution in [0.4, 0.5) is 23.8 Å². The van der Waals surface area contributed by atoms with Crippen molar-refractivity contribution in [3.63, 3.8) is 0 Å². The van der Waals surface area contributed by atoms with Gasteiger partial charge in [-0.2, -0.15) is 0 Å². The summed E-state index contributed by atoms with van der Waals surface area (Å²) in [4.78, 5) is 25.4. The van der Waals surface area contributed by atoms with Crippen LogP contribution in [0.5, 0.6) is 0 Å². The van der Waals surface area contributed by atoms with Crippen molar-refractivity contribution in [2.75, 3.05) is 18.4 Å². The minimum atomic E-state index is -0.846. The Bertz CT molecular complexity index is 1210. The number of nitrogens with zero attached hydrogens (tertiary/aromatic N) is 3. The van der Waals surface area contributed by atoms with Gasteiger partial charge in [0.15, 0.2) is 17.5 Å². The molecule has 1 aliphatic carbocycles. The van der Waals surface area contributed by atoms with Crippen molar-refractivity contribution < 1.29 is 18.0 Å². The van der Waals surface area contributed by atoms with Gasteiger partial charge in [0.05, 0.1) is 6.20 Å². The van der Waals surface area contributed by atoms with Crippen molar-refractivity contribution >= 4 is 22.9 Å². The third-order valence-corrected chi connectivity index (χ3v) is 6.74. The Balaban J connectivity index is 1.32. The van der Waals surface area contributed by atoms with Gasteiger partial charge in [-0.05, 0) is 44.1 Å². The van der Waals surface area contributed by atoms with Gasteiger partial charge in [-0.15, -0.1) is 0 Å². The van der Waals surface area contributed by atoms with Gasteiger partial charge in [0, 0.05) is 48.4 Å². The zero-order valence-electron chi connectivity index (χ0n) is 18.9. The first-order valence-corrected chi connectivity index (χ1v) is 11.7. The lowest BCUT2D eigenvalue weighted by atomic mass is 9.91. The molecule has 1 saturated carbocycles. The van der Waals surface area contributed by atoms with Gasteiger partial charge in [-0.3, -0.25) is 0 Å². The van der Waals surface area contributed by atoms with Crippen LogP contribution >= 0.6 is 0 Å². The van der Waals surface area contributed by atoms with Crippen LogP contribution in [0.1, 0.15) is 39.0 Å². The van der Waals surface area contributed by atoms with Gasteiger partial charge in [-0.25, -0.2) is 27.9 Å². The number of anilines is 1. The number of pyridine rings is 2. The van der Waals surface area contributed by atoms with Gasteiger partial charge >= 0.3 is 6.03 Å². The average Bonchev–Trinajstić information content (AvgIpc) is 3.42. The molecule has 2 fully saturated rings. The maximum atomic E-state index is 14.7. The molecule has 5 rings (SSSR count). The minimum Gasteiger partial charge on any atom is -0.365 e. The number of likely N-dealkylation sites (tertiary alicyclic amines) is 1. The van der Waals surface area contributed by atoms with Crippen LogP contribution < -0.4 is 10.6 Å². The number of nitrogens with one attached hydrogen (secondary N) is 3. The molecule has 2 aliphatic rings. The van der Waals surface area contributed by atoms with E-state index in [1.54, 1.807) is 0 Å². The summed E-state index contributed by atoms with van der Waals surface area (Å²) in [5.41, 5.74) is 0.595. The number of hydrogen-bond donors (Lipinski definition) is 3. The van der Waals surface area contributed by atoms with Crippen LogP contribution in [0, 0.1) is 23.4 Å². The van der Waals surface area contributed by atoms with Crippen molar-refractivity contribution in [3.05, 3.63) is 42.0 Å². The zero-order valence-corrected chi connectivity index (χ0v) is 18.9. The smallest absolute Gasteiger partial charge is 0.317 e. The topological polar surface area (TPSA) is 85.9 Å². The van der Waals surface area contributed by atoms with Gasteiger partial charge < -0.3 is 20.5 Å². The fraction of sp³-hybridized carbons (Fsp3) is 0.458. The highest BCUT2D eigenvalue weighted by molar-refractivity contribution is 5.92. The van der Waals surface area contributed by atoms with Crippen LogP contribution in [0.15, 0.2) is 24.5 Å². The van der Waals surface area contributed by atoms with Crippen LogP contribution in [-0.4, -0.2) is 51.1 Å². The van der Waals surface area contributed by atoms with E-state index in [4.69, 9.17) is 0 Å². The quantitative estimate of drug-likeness (QED) is 0.508.